The summed E-state index contributed by atoms with van der Waals surface area (Å²) >= 11 is 7.15. The minimum Gasteiger partial charge on any atom is -0.352 e. The average Bonchev–Trinajstić information content (AvgIpc) is 2.89. The normalized spacial score (nSPS) is 15.3. The van der Waals surface area contributed by atoms with Crippen LogP contribution in [0.1, 0.15) is 17.8 Å². The highest BCUT2D eigenvalue weighted by atomic mass is 35.5. The second-order valence-corrected chi connectivity index (χ2v) is 5.25. The van der Waals surface area contributed by atoms with Crippen LogP contribution in [0.25, 0.3) is 0 Å². The molecule has 15 heavy (non-hydrogen) atoms. The maximum Gasteiger partial charge on any atom is 0.234 e. The van der Waals surface area contributed by atoms with Crippen molar-refractivity contribution in [1.29, 1.82) is 0 Å². The van der Waals surface area contributed by atoms with Crippen LogP contribution >= 0.6 is 22.9 Å². The van der Waals surface area contributed by atoms with Crippen molar-refractivity contribution >= 4 is 28.8 Å². The molecule has 1 aromatic rings. The smallest absolute Gasteiger partial charge is 0.234 e. The molecule has 0 aliphatic heterocycles. The van der Waals surface area contributed by atoms with Crippen molar-refractivity contribution in [3.05, 3.63) is 15.5 Å². The third-order valence-corrected chi connectivity index (χ3v) is 3.14. The Morgan fingerprint density at radius 2 is 2.47 bits per heavy atom. The zero-order valence-electron chi connectivity index (χ0n) is 8.12. The average molecular weight is 246 g/mol. The second-order valence-electron chi connectivity index (χ2n) is 3.50. The van der Waals surface area contributed by atoms with E-state index in [2.05, 4.69) is 15.6 Å². The second kappa shape index (κ2) is 4.92. The van der Waals surface area contributed by atoms with Crippen LogP contribution in [-0.4, -0.2) is 23.5 Å². The maximum atomic E-state index is 11.3. The fourth-order valence-electron chi connectivity index (χ4n) is 1.16. The topological polar surface area (TPSA) is 54.0 Å². The first-order valence-electron chi connectivity index (χ1n) is 4.84. The molecule has 1 saturated carbocycles. The van der Waals surface area contributed by atoms with Gasteiger partial charge in [0.2, 0.25) is 5.91 Å². The lowest BCUT2D eigenvalue weighted by Gasteiger charge is -2.03. The fourth-order valence-corrected chi connectivity index (χ4v) is 2.09. The minimum atomic E-state index is 0.0557. The number of hydrogen-bond acceptors (Lipinski definition) is 4. The summed E-state index contributed by atoms with van der Waals surface area (Å²) in [5, 5.41) is 6.83. The lowest BCUT2D eigenvalue weighted by molar-refractivity contribution is -0.120. The van der Waals surface area contributed by atoms with Gasteiger partial charge in [-0.1, -0.05) is 11.6 Å². The third-order valence-electron chi connectivity index (χ3n) is 2.03. The molecule has 0 spiro atoms. The van der Waals surface area contributed by atoms with Crippen molar-refractivity contribution in [1.82, 2.24) is 15.6 Å². The van der Waals surface area contributed by atoms with Crippen molar-refractivity contribution in [2.24, 2.45) is 0 Å². The molecule has 6 heteroatoms. The summed E-state index contributed by atoms with van der Waals surface area (Å²) in [5.41, 5.74) is 0. The van der Waals surface area contributed by atoms with Gasteiger partial charge in [0.05, 0.1) is 12.7 Å². The van der Waals surface area contributed by atoms with Gasteiger partial charge >= 0.3 is 0 Å². The van der Waals surface area contributed by atoms with Gasteiger partial charge in [-0.3, -0.25) is 4.79 Å². The molecule has 0 unspecified atom stereocenters. The fraction of sp³-hybridized carbons (Fsp3) is 0.556. The summed E-state index contributed by atoms with van der Waals surface area (Å²) in [7, 11) is 0. The number of carbonyl (C=O) groups excluding carboxylic acids is 1. The number of hydrogen-bond donors (Lipinski definition) is 2. The summed E-state index contributed by atoms with van der Waals surface area (Å²) in [6, 6.07) is 0.425. The molecular formula is C9H12ClN3OS. The summed E-state index contributed by atoms with van der Waals surface area (Å²) in [6.45, 7) is 0.934. The first kappa shape index (κ1) is 10.9. The van der Waals surface area contributed by atoms with Gasteiger partial charge < -0.3 is 10.6 Å². The Labute approximate surface area is 97.0 Å². The SMILES string of the molecule is O=C(CNCc1ncc(Cl)s1)NC1CC1. The molecule has 1 amide bonds. The van der Waals surface area contributed by atoms with Gasteiger partial charge in [0, 0.05) is 12.6 Å². The highest BCUT2D eigenvalue weighted by Gasteiger charge is 2.22. The van der Waals surface area contributed by atoms with Gasteiger partial charge in [0.1, 0.15) is 9.34 Å². The van der Waals surface area contributed by atoms with Crippen molar-refractivity contribution in [2.45, 2.75) is 25.4 Å². The standard InChI is InChI=1S/C9H12ClN3OS/c10-7-3-12-9(15-7)5-11-4-8(14)13-6-1-2-6/h3,6,11H,1-2,4-5H2,(H,13,14). The van der Waals surface area contributed by atoms with Gasteiger partial charge in [0.15, 0.2) is 0 Å². The number of carbonyl (C=O) groups is 1. The van der Waals surface area contributed by atoms with Crippen LogP contribution in [0, 0.1) is 0 Å². The van der Waals surface area contributed by atoms with Crippen LogP contribution in [0.4, 0.5) is 0 Å². The molecule has 0 atom stereocenters. The summed E-state index contributed by atoms with van der Waals surface area (Å²) in [4.78, 5) is 15.4. The van der Waals surface area contributed by atoms with E-state index in [0.29, 0.717) is 23.5 Å². The van der Waals surface area contributed by atoms with Crippen molar-refractivity contribution in [2.75, 3.05) is 6.54 Å². The first-order valence-corrected chi connectivity index (χ1v) is 6.04. The molecule has 0 radical (unpaired) electrons. The van der Waals surface area contributed by atoms with E-state index in [9.17, 15) is 4.79 Å². The number of aromatic nitrogens is 1. The van der Waals surface area contributed by atoms with E-state index in [1.54, 1.807) is 6.20 Å². The Balaban J connectivity index is 1.63. The van der Waals surface area contributed by atoms with E-state index < -0.39 is 0 Å². The van der Waals surface area contributed by atoms with Crippen LogP contribution in [0.3, 0.4) is 0 Å². The first-order chi connectivity index (χ1) is 7.24. The molecule has 1 fully saturated rings. The van der Waals surface area contributed by atoms with Crippen molar-refractivity contribution in [3.8, 4) is 0 Å². The summed E-state index contributed by atoms with van der Waals surface area (Å²) in [5.74, 6) is 0.0557. The molecule has 2 rings (SSSR count). The van der Waals surface area contributed by atoms with Gasteiger partial charge in [0.25, 0.3) is 0 Å². The Morgan fingerprint density at radius 1 is 1.67 bits per heavy atom. The largest absolute Gasteiger partial charge is 0.352 e. The number of rotatable bonds is 5. The predicted molar refractivity (Wildman–Crippen MR) is 60.0 cm³/mol. The monoisotopic (exact) mass is 245 g/mol. The van der Waals surface area contributed by atoms with E-state index in [1.165, 1.54) is 11.3 Å². The zero-order valence-corrected chi connectivity index (χ0v) is 9.70. The Kier molecular flexibility index (Phi) is 3.56. The molecule has 1 aromatic heterocycles. The summed E-state index contributed by atoms with van der Waals surface area (Å²) < 4.78 is 0.675. The lowest BCUT2D eigenvalue weighted by atomic mass is 10.5. The lowest BCUT2D eigenvalue weighted by Crippen LogP contribution is -2.34. The number of thiazole rings is 1. The quantitative estimate of drug-likeness (QED) is 0.819. The minimum absolute atomic E-state index is 0.0557. The van der Waals surface area contributed by atoms with Gasteiger partial charge in [-0.2, -0.15) is 0 Å². The highest BCUT2D eigenvalue weighted by Crippen LogP contribution is 2.18. The van der Waals surface area contributed by atoms with Crippen LogP contribution < -0.4 is 10.6 Å². The number of nitrogens with one attached hydrogen (secondary N) is 2. The van der Waals surface area contributed by atoms with E-state index >= 15 is 0 Å². The van der Waals surface area contributed by atoms with Crippen LogP contribution in [0.5, 0.6) is 0 Å². The molecule has 1 aliphatic rings. The van der Waals surface area contributed by atoms with E-state index in [0.717, 1.165) is 17.8 Å². The van der Waals surface area contributed by atoms with Crippen LogP contribution in [0.2, 0.25) is 4.34 Å². The molecule has 0 aromatic carbocycles. The molecule has 0 bridgehead atoms. The molecular weight excluding hydrogens is 234 g/mol. The molecule has 0 saturated heterocycles. The van der Waals surface area contributed by atoms with Gasteiger partial charge in [-0.25, -0.2) is 4.98 Å². The predicted octanol–water partition coefficient (Wildman–Crippen LogP) is 1.16. The van der Waals surface area contributed by atoms with E-state index in [-0.39, 0.29) is 5.91 Å². The Bertz CT molecular complexity index is 351. The number of amides is 1. The maximum absolute atomic E-state index is 11.3. The molecule has 1 heterocycles. The van der Waals surface area contributed by atoms with E-state index in [1.807, 2.05) is 0 Å². The van der Waals surface area contributed by atoms with Gasteiger partial charge in [-0.05, 0) is 12.8 Å². The molecule has 82 valence electrons. The van der Waals surface area contributed by atoms with Crippen molar-refractivity contribution in [3.63, 3.8) is 0 Å². The molecule has 4 nitrogen and oxygen atoms in total. The summed E-state index contributed by atoms with van der Waals surface area (Å²) in [6.07, 6.45) is 3.86. The zero-order chi connectivity index (χ0) is 10.7. The van der Waals surface area contributed by atoms with E-state index in [4.69, 9.17) is 11.6 Å². The van der Waals surface area contributed by atoms with Crippen LogP contribution in [0.15, 0.2) is 6.20 Å². The Hall–Kier alpha value is -0.650. The molecule has 2 N–H and O–H groups in total. The number of nitrogens with zero attached hydrogens (tertiary/aromatic N) is 1. The number of halogens is 1. The Morgan fingerprint density at radius 3 is 3.07 bits per heavy atom. The van der Waals surface area contributed by atoms with Crippen molar-refractivity contribution < 1.29 is 4.79 Å². The van der Waals surface area contributed by atoms with Crippen LogP contribution in [-0.2, 0) is 11.3 Å². The highest BCUT2D eigenvalue weighted by molar-refractivity contribution is 7.15. The van der Waals surface area contributed by atoms with Gasteiger partial charge in [-0.15, -0.1) is 11.3 Å². The molecule has 1 aliphatic carbocycles. The third kappa shape index (κ3) is 3.77.